The fraction of sp³-hybridized carbons (Fsp3) is 0.200. The summed E-state index contributed by atoms with van der Waals surface area (Å²) in [6.07, 6.45) is 2.12. The largest absolute Gasteiger partial charge is 0.396 e. The highest BCUT2D eigenvalue weighted by Crippen LogP contribution is 2.14. The summed E-state index contributed by atoms with van der Waals surface area (Å²) in [6, 6.07) is 6.00. The van der Waals surface area contributed by atoms with Gasteiger partial charge in [-0.25, -0.2) is 4.68 Å². The van der Waals surface area contributed by atoms with E-state index in [9.17, 15) is 10.1 Å². The van der Waals surface area contributed by atoms with E-state index in [1.807, 2.05) is 0 Å². The summed E-state index contributed by atoms with van der Waals surface area (Å²) in [5, 5.41) is 27.0. The van der Waals surface area contributed by atoms with Crippen LogP contribution in [0.4, 0.5) is 5.69 Å². The lowest BCUT2D eigenvalue weighted by molar-refractivity contribution is -0.384. The molecular weight excluding hydrogens is 224 g/mol. The number of aliphatic hydroxyl groups excluding tert-OH is 1. The number of aromatic nitrogens is 3. The van der Waals surface area contributed by atoms with Gasteiger partial charge in [0.1, 0.15) is 0 Å². The van der Waals surface area contributed by atoms with Crippen LogP contribution in [0.5, 0.6) is 0 Å². The first-order chi connectivity index (χ1) is 8.20. The molecule has 0 aliphatic rings. The maximum Gasteiger partial charge on any atom is 0.269 e. The molecule has 1 aromatic heterocycles. The second kappa shape index (κ2) is 4.71. The van der Waals surface area contributed by atoms with Crippen molar-refractivity contribution in [1.82, 2.24) is 15.0 Å². The van der Waals surface area contributed by atoms with Crippen molar-refractivity contribution in [2.75, 3.05) is 6.61 Å². The molecule has 0 bridgehead atoms. The molecule has 7 nitrogen and oxygen atoms in total. The molecule has 2 aromatic rings. The van der Waals surface area contributed by atoms with Crippen molar-refractivity contribution < 1.29 is 10.0 Å². The van der Waals surface area contributed by atoms with Gasteiger partial charge < -0.3 is 5.11 Å². The quantitative estimate of drug-likeness (QED) is 0.621. The predicted octanol–water partition coefficient (Wildman–Crippen LogP) is 0.710. The van der Waals surface area contributed by atoms with Crippen molar-refractivity contribution in [3.63, 3.8) is 0 Å². The summed E-state index contributed by atoms with van der Waals surface area (Å²) in [7, 11) is 0. The van der Waals surface area contributed by atoms with E-state index < -0.39 is 4.92 Å². The molecule has 2 rings (SSSR count). The van der Waals surface area contributed by atoms with Gasteiger partial charge in [0.2, 0.25) is 0 Å². The SMILES string of the molecule is O=[N+]([O-])c1ccc(-n2cc(CCO)nn2)cc1. The van der Waals surface area contributed by atoms with E-state index in [0.29, 0.717) is 17.8 Å². The van der Waals surface area contributed by atoms with Crippen LogP contribution in [0.2, 0.25) is 0 Å². The smallest absolute Gasteiger partial charge is 0.269 e. The van der Waals surface area contributed by atoms with E-state index in [1.54, 1.807) is 18.3 Å². The monoisotopic (exact) mass is 234 g/mol. The molecule has 0 amide bonds. The highest BCUT2D eigenvalue weighted by atomic mass is 16.6. The van der Waals surface area contributed by atoms with Gasteiger partial charge in [-0.1, -0.05) is 5.21 Å². The third-order valence-corrected chi connectivity index (χ3v) is 2.23. The number of non-ortho nitro benzene ring substituents is 1. The minimum absolute atomic E-state index is 0.0129. The summed E-state index contributed by atoms with van der Waals surface area (Å²) in [5.74, 6) is 0. The summed E-state index contributed by atoms with van der Waals surface area (Å²) >= 11 is 0. The fourth-order valence-electron chi connectivity index (χ4n) is 1.38. The second-order valence-electron chi connectivity index (χ2n) is 3.40. The molecule has 0 atom stereocenters. The first-order valence-corrected chi connectivity index (χ1v) is 4.97. The number of nitro groups is 1. The lowest BCUT2D eigenvalue weighted by atomic mass is 10.3. The molecule has 0 saturated heterocycles. The molecule has 0 radical (unpaired) electrons. The second-order valence-corrected chi connectivity index (χ2v) is 3.40. The van der Waals surface area contributed by atoms with Crippen LogP contribution in [0.15, 0.2) is 30.5 Å². The molecule has 7 heteroatoms. The van der Waals surface area contributed by atoms with Gasteiger partial charge in [0.05, 0.1) is 22.5 Å². The van der Waals surface area contributed by atoms with Crippen LogP contribution in [0.25, 0.3) is 5.69 Å². The maximum absolute atomic E-state index is 10.5. The lowest BCUT2D eigenvalue weighted by Crippen LogP contribution is -1.95. The minimum atomic E-state index is -0.456. The molecule has 0 fully saturated rings. The van der Waals surface area contributed by atoms with Crippen molar-refractivity contribution in [3.05, 3.63) is 46.3 Å². The van der Waals surface area contributed by atoms with Crippen LogP contribution >= 0.6 is 0 Å². The van der Waals surface area contributed by atoms with E-state index in [-0.39, 0.29) is 12.3 Å². The van der Waals surface area contributed by atoms with Crippen molar-refractivity contribution >= 4 is 5.69 Å². The van der Waals surface area contributed by atoms with E-state index in [0.717, 1.165) is 0 Å². The molecule has 1 heterocycles. The molecule has 1 aromatic carbocycles. The van der Waals surface area contributed by atoms with E-state index in [4.69, 9.17) is 5.11 Å². The summed E-state index contributed by atoms with van der Waals surface area (Å²) in [6.45, 7) is 0.0129. The van der Waals surface area contributed by atoms with Gasteiger partial charge in [0.25, 0.3) is 5.69 Å². The lowest BCUT2D eigenvalue weighted by Gasteiger charge is -1.98. The minimum Gasteiger partial charge on any atom is -0.396 e. The highest BCUT2D eigenvalue weighted by molar-refractivity contribution is 5.40. The topological polar surface area (TPSA) is 94.1 Å². The Morgan fingerprint density at radius 2 is 2.06 bits per heavy atom. The normalized spacial score (nSPS) is 10.4. The number of hydrogen-bond donors (Lipinski definition) is 1. The Kier molecular flexibility index (Phi) is 3.10. The summed E-state index contributed by atoms with van der Waals surface area (Å²) < 4.78 is 1.51. The van der Waals surface area contributed by atoms with Gasteiger partial charge in [-0.15, -0.1) is 5.10 Å². The van der Waals surface area contributed by atoms with Gasteiger partial charge >= 0.3 is 0 Å². The Labute approximate surface area is 96.5 Å². The van der Waals surface area contributed by atoms with Crippen LogP contribution in [0, 0.1) is 10.1 Å². The molecule has 0 aliphatic heterocycles. The molecule has 0 unspecified atom stereocenters. The molecule has 1 N–H and O–H groups in total. The standard InChI is InChI=1S/C10H10N4O3/c15-6-5-8-7-13(12-11-8)9-1-3-10(4-2-9)14(16)17/h1-4,7,15H,5-6H2. The number of nitro benzene ring substituents is 1. The molecule has 0 aliphatic carbocycles. The molecule has 88 valence electrons. The molecule has 0 spiro atoms. The maximum atomic E-state index is 10.5. The third-order valence-electron chi connectivity index (χ3n) is 2.23. The molecule has 17 heavy (non-hydrogen) atoms. The first-order valence-electron chi connectivity index (χ1n) is 4.97. The van der Waals surface area contributed by atoms with Crippen LogP contribution in [-0.4, -0.2) is 31.6 Å². The first kappa shape index (κ1) is 11.2. The average Bonchev–Trinajstić information content (AvgIpc) is 2.78. The predicted molar refractivity (Wildman–Crippen MR) is 58.8 cm³/mol. The van der Waals surface area contributed by atoms with E-state index in [1.165, 1.54) is 16.8 Å². The zero-order valence-corrected chi connectivity index (χ0v) is 8.85. The third kappa shape index (κ3) is 2.45. The van der Waals surface area contributed by atoms with Gasteiger partial charge in [0, 0.05) is 25.2 Å². The Hall–Kier alpha value is -2.28. The van der Waals surface area contributed by atoms with Crippen LogP contribution in [0.3, 0.4) is 0 Å². The number of nitrogens with zero attached hydrogens (tertiary/aromatic N) is 4. The van der Waals surface area contributed by atoms with Gasteiger partial charge in [-0.2, -0.15) is 0 Å². The van der Waals surface area contributed by atoms with Crippen LogP contribution in [-0.2, 0) is 6.42 Å². The van der Waals surface area contributed by atoms with E-state index >= 15 is 0 Å². The van der Waals surface area contributed by atoms with Crippen LogP contribution in [0.1, 0.15) is 5.69 Å². The number of rotatable bonds is 4. The zero-order valence-electron chi connectivity index (χ0n) is 8.85. The van der Waals surface area contributed by atoms with Crippen molar-refractivity contribution in [3.8, 4) is 5.69 Å². The van der Waals surface area contributed by atoms with Gasteiger partial charge in [-0.3, -0.25) is 10.1 Å². The number of benzene rings is 1. The molecule has 0 saturated carbocycles. The van der Waals surface area contributed by atoms with Crippen molar-refractivity contribution in [1.29, 1.82) is 0 Å². The van der Waals surface area contributed by atoms with Gasteiger partial charge in [-0.05, 0) is 12.1 Å². The van der Waals surface area contributed by atoms with Crippen molar-refractivity contribution in [2.24, 2.45) is 0 Å². The molecular formula is C10H10N4O3. The highest BCUT2D eigenvalue weighted by Gasteiger charge is 2.06. The summed E-state index contributed by atoms with van der Waals surface area (Å²) in [4.78, 5) is 10.0. The number of aliphatic hydroxyl groups is 1. The van der Waals surface area contributed by atoms with Gasteiger partial charge in [0.15, 0.2) is 0 Å². The summed E-state index contributed by atoms with van der Waals surface area (Å²) in [5.41, 5.74) is 1.39. The fourth-order valence-corrected chi connectivity index (χ4v) is 1.38. The zero-order chi connectivity index (χ0) is 12.3. The Morgan fingerprint density at radius 3 is 2.65 bits per heavy atom. The Morgan fingerprint density at radius 1 is 1.35 bits per heavy atom. The number of hydrogen-bond acceptors (Lipinski definition) is 5. The van der Waals surface area contributed by atoms with Crippen molar-refractivity contribution in [2.45, 2.75) is 6.42 Å². The average molecular weight is 234 g/mol. The Bertz CT molecular complexity index is 521. The van der Waals surface area contributed by atoms with Crippen LogP contribution < -0.4 is 0 Å². The Balaban J connectivity index is 2.23. The van der Waals surface area contributed by atoms with E-state index in [2.05, 4.69) is 10.3 Å².